The molecule has 0 bridgehead atoms. The zero-order valence-corrected chi connectivity index (χ0v) is 15.4. The van der Waals surface area contributed by atoms with Gasteiger partial charge in [0, 0.05) is 25.7 Å². The highest BCUT2D eigenvalue weighted by Crippen LogP contribution is 2.10. The minimum atomic E-state index is -0.466. The molecule has 0 radical (unpaired) electrons. The molecular weight excluding hydrogens is 336 g/mol. The second-order valence-corrected chi connectivity index (χ2v) is 6.19. The standard InChI is InChI=1S/C20H25F2N3O/c1-14(2)26-13-16-6-4-5-15(9-16)11-24-20(23-3)25-12-17-10-18(21)7-8-19(17)22/h4-10,14H,11-13H2,1-3H3,(H2,23,24,25). The van der Waals surface area contributed by atoms with Crippen molar-refractivity contribution < 1.29 is 13.5 Å². The summed E-state index contributed by atoms with van der Waals surface area (Å²) in [6.07, 6.45) is 0.183. The molecule has 2 aromatic rings. The van der Waals surface area contributed by atoms with Gasteiger partial charge in [0.1, 0.15) is 11.6 Å². The van der Waals surface area contributed by atoms with Crippen molar-refractivity contribution in [3.05, 3.63) is 70.8 Å². The fraction of sp³-hybridized carbons (Fsp3) is 0.350. The largest absolute Gasteiger partial charge is 0.374 e. The number of rotatable bonds is 7. The maximum Gasteiger partial charge on any atom is 0.191 e. The molecule has 0 saturated carbocycles. The summed E-state index contributed by atoms with van der Waals surface area (Å²) in [6.45, 7) is 5.27. The van der Waals surface area contributed by atoms with Gasteiger partial charge >= 0.3 is 0 Å². The van der Waals surface area contributed by atoms with Crippen LogP contribution in [0.15, 0.2) is 47.5 Å². The Kier molecular flexibility index (Phi) is 7.53. The number of hydrogen-bond acceptors (Lipinski definition) is 2. The van der Waals surface area contributed by atoms with E-state index < -0.39 is 11.6 Å². The Morgan fingerprint density at radius 1 is 1.04 bits per heavy atom. The van der Waals surface area contributed by atoms with Gasteiger partial charge in [0.05, 0.1) is 12.7 Å². The van der Waals surface area contributed by atoms with Crippen molar-refractivity contribution in [3.63, 3.8) is 0 Å². The molecule has 0 aromatic heterocycles. The van der Waals surface area contributed by atoms with Crippen LogP contribution < -0.4 is 10.6 Å². The van der Waals surface area contributed by atoms with Gasteiger partial charge in [-0.3, -0.25) is 4.99 Å². The number of halogens is 2. The van der Waals surface area contributed by atoms with Gasteiger partial charge in [0.15, 0.2) is 5.96 Å². The van der Waals surface area contributed by atoms with Gasteiger partial charge in [-0.05, 0) is 43.2 Å². The first-order valence-corrected chi connectivity index (χ1v) is 8.56. The van der Waals surface area contributed by atoms with Crippen LogP contribution in [0.5, 0.6) is 0 Å². The van der Waals surface area contributed by atoms with Crippen LogP contribution in [0.3, 0.4) is 0 Å². The fourth-order valence-electron chi connectivity index (χ4n) is 2.36. The number of nitrogens with zero attached hydrogens (tertiary/aromatic N) is 1. The van der Waals surface area contributed by atoms with Crippen molar-refractivity contribution >= 4 is 5.96 Å². The summed E-state index contributed by atoms with van der Waals surface area (Å²) in [5.41, 5.74) is 2.43. The summed E-state index contributed by atoms with van der Waals surface area (Å²) in [5, 5.41) is 6.15. The monoisotopic (exact) mass is 361 g/mol. The number of aliphatic imine (C=N–C) groups is 1. The van der Waals surface area contributed by atoms with E-state index in [1.54, 1.807) is 7.05 Å². The number of hydrogen-bond donors (Lipinski definition) is 2. The summed E-state index contributed by atoms with van der Waals surface area (Å²) in [4.78, 5) is 4.11. The van der Waals surface area contributed by atoms with Crippen LogP contribution in [-0.2, 0) is 24.4 Å². The molecule has 0 aliphatic heterocycles. The Bertz CT molecular complexity index is 748. The van der Waals surface area contributed by atoms with Crippen LogP contribution in [0.25, 0.3) is 0 Å². The molecule has 2 aromatic carbocycles. The number of guanidine groups is 1. The van der Waals surface area contributed by atoms with Gasteiger partial charge < -0.3 is 15.4 Å². The van der Waals surface area contributed by atoms with Crippen LogP contribution >= 0.6 is 0 Å². The Balaban J connectivity index is 1.88. The van der Waals surface area contributed by atoms with Crippen molar-refractivity contribution in [1.29, 1.82) is 0 Å². The maximum atomic E-state index is 13.7. The fourth-order valence-corrected chi connectivity index (χ4v) is 2.36. The van der Waals surface area contributed by atoms with E-state index in [1.165, 1.54) is 6.07 Å². The van der Waals surface area contributed by atoms with E-state index in [-0.39, 0.29) is 18.2 Å². The molecule has 0 heterocycles. The topological polar surface area (TPSA) is 45.7 Å². The van der Waals surface area contributed by atoms with Crippen LogP contribution in [0.4, 0.5) is 8.78 Å². The molecule has 2 rings (SSSR count). The highest BCUT2D eigenvalue weighted by atomic mass is 19.1. The van der Waals surface area contributed by atoms with Gasteiger partial charge in [0.2, 0.25) is 0 Å². The Labute approximate surface area is 153 Å². The Morgan fingerprint density at radius 2 is 1.77 bits per heavy atom. The molecule has 0 aliphatic rings. The van der Waals surface area contributed by atoms with Crippen LogP contribution in [0, 0.1) is 11.6 Å². The molecule has 0 atom stereocenters. The van der Waals surface area contributed by atoms with Gasteiger partial charge in [-0.1, -0.05) is 24.3 Å². The van der Waals surface area contributed by atoms with Crippen LogP contribution in [-0.4, -0.2) is 19.1 Å². The minimum absolute atomic E-state index is 0.144. The first-order chi connectivity index (χ1) is 12.5. The average Bonchev–Trinajstić information content (AvgIpc) is 2.63. The molecule has 0 fully saturated rings. The lowest BCUT2D eigenvalue weighted by molar-refractivity contribution is 0.0657. The van der Waals surface area contributed by atoms with E-state index in [2.05, 4.69) is 21.7 Å². The summed E-state index contributed by atoms with van der Waals surface area (Å²) in [5.74, 6) is -0.406. The van der Waals surface area contributed by atoms with Gasteiger partial charge in [-0.2, -0.15) is 0 Å². The van der Waals surface area contributed by atoms with Crippen molar-refractivity contribution in [2.75, 3.05) is 7.05 Å². The smallest absolute Gasteiger partial charge is 0.191 e. The molecule has 26 heavy (non-hydrogen) atoms. The highest BCUT2D eigenvalue weighted by Gasteiger charge is 2.06. The molecule has 0 aliphatic carbocycles. The average molecular weight is 361 g/mol. The molecule has 0 amide bonds. The molecule has 140 valence electrons. The molecule has 2 N–H and O–H groups in total. The molecule has 0 unspecified atom stereocenters. The minimum Gasteiger partial charge on any atom is -0.374 e. The third-order valence-electron chi connectivity index (χ3n) is 3.71. The first kappa shape index (κ1) is 19.8. The van der Waals surface area contributed by atoms with Crippen molar-refractivity contribution in [2.45, 2.75) is 39.6 Å². The molecule has 0 saturated heterocycles. The third kappa shape index (κ3) is 6.44. The van der Waals surface area contributed by atoms with E-state index in [1.807, 2.05) is 32.0 Å². The van der Waals surface area contributed by atoms with Gasteiger partial charge in [0.25, 0.3) is 0 Å². The van der Waals surface area contributed by atoms with Crippen LogP contribution in [0.1, 0.15) is 30.5 Å². The normalized spacial score (nSPS) is 11.7. The Hall–Kier alpha value is -2.47. The molecule has 6 heteroatoms. The molecule has 4 nitrogen and oxygen atoms in total. The van der Waals surface area contributed by atoms with Crippen molar-refractivity contribution in [1.82, 2.24) is 10.6 Å². The lowest BCUT2D eigenvalue weighted by atomic mass is 10.1. The molecular formula is C20H25F2N3O. The second-order valence-electron chi connectivity index (χ2n) is 6.19. The quantitative estimate of drug-likeness (QED) is 0.583. The predicted molar refractivity (Wildman–Crippen MR) is 99.8 cm³/mol. The molecule has 0 spiro atoms. The maximum absolute atomic E-state index is 13.7. The van der Waals surface area contributed by atoms with Crippen molar-refractivity contribution in [2.24, 2.45) is 4.99 Å². The van der Waals surface area contributed by atoms with Crippen molar-refractivity contribution in [3.8, 4) is 0 Å². The Morgan fingerprint density at radius 3 is 2.50 bits per heavy atom. The second kappa shape index (κ2) is 9.87. The zero-order chi connectivity index (χ0) is 18.9. The number of benzene rings is 2. The highest BCUT2D eigenvalue weighted by molar-refractivity contribution is 5.79. The lowest BCUT2D eigenvalue weighted by Gasteiger charge is -2.13. The summed E-state index contributed by atoms with van der Waals surface area (Å²) in [6, 6.07) is 11.5. The van der Waals surface area contributed by atoms with E-state index in [9.17, 15) is 8.78 Å². The van der Waals surface area contributed by atoms with Crippen LogP contribution in [0.2, 0.25) is 0 Å². The van der Waals surface area contributed by atoms with E-state index in [0.717, 1.165) is 23.3 Å². The predicted octanol–water partition coefficient (Wildman–Crippen LogP) is 3.76. The number of nitrogens with one attached hydrogen (secondary N) is 2. The zero-order valence-electron chi connectivity index (χ0n) is 15.4. The van der Waals surface area contributed by atoms with E-state index >= 15 is 0 Å². The SMILES string of the molecule is CN=C(NCc1cccc(COC(C)C)c1)NCc1cc(F)ccc1F. The van der Waals surface area contributed by atoms with Gasteiger partial charge in [-0.15, -0.1) is 0 Å². The first-order valence-electron chi connectivity index (χ1n) is 8.56. The van der Waals surface area contributed by atoms with E-state index in [0.29, 0.717) is 19.1 Å². The lowest BCUT2D eigenvalue weighted by Crippen LogP contribution is -2.36. The third-order valence-corrected chi connectivity index (χ3v) is 3.71. The summed E-state index contributed by atoms with van der Waals surface area (Å²) in [7, 11) is 1.63. The summed E-state index contributed by atoms with van der Waals surface area (Å²) < 4.78 is 32.5. The number of ether oxygens (including phenoxy) is 1. The van der Waals surface area contributed by atoms with Gasteiger partial charge in [-0.25, -0.2) is 8.78 Å². The van der Waals surface area contributed by atoms with E-state index in [4.69, 9.17) is 4.74 Å². The summed E-state index contributed by atoms with van der Waals surface area (Å²) >= 11 is 0.